The molecule has 2 amide bonds. The minimum atomic E-state index is -0.677. The first-order valence-electron chi connectivity index (χ1n) is 9.39. The summed E-state index contributed by atoms with van der Waals surface area (Å²) in [6.45, 7) is 5.96. The van der Waals surface area contributed by atoms with Crippen LogP contribution in [0.1, 0.15) is 65.2 Å². The second-order valence-electron chi connectivity index (χ2n) is 7.14. The van der Waals surface area contributed by atoms with Gasteiger partial charge in [-0.25, -0.2) is 0 Å². The molecule has 0 bridgehead atoms. The third-order valence-electron chi connectivity index (χ3n) is 5.83. The molecule has 132 valence electrons. The lowest BCUT2D eigenvalue weighted by Gasteiger charge is -2.40. The third kappa shape index (κ3) is 3.87. The van der Waals surface area contributed by atoms with Crippen LogP contribution in [0.3, 0.4) is 0 Å². The van der Waals surface area contributed by atoms with Gasteiger partial charge in [0, 0.05) is 19.0 Å². The number of amides is 2. The van der Waals surface area contributed by atoms with Gasteiger partial charge < -0.3 is 16.0 Å². The molecule has 2 atom stereocenters. The molecule has 2 saturated carbocycles. The Balaban J connectivity index is 2.15. The molecule has 2 aliphatic carbocycles. The van der Waals surface area contributed by atoms with Crippen LogP contribution in [0.2, 0.25) is 0 Å². The summed E-state index contributed by atoms with van der Waals surface area (Å²) in [6.07, 6.45) is 7.72. The van der Waals surface area contributed by atoms with E-state index in [0.29, 0.717) is 19.6 Å². The highest BCUT2D eigenvalue weighted by molar-refractivity contribution is 5.92. The van der Waals surface area contributed by atoms with E-state index in [1.54, 1.807) is 0 Å². The van der Waals surface area contributed by atoms with Gasteiger partial charge in [0.05, 0.1) is 0 Å². The van der Waals surface area contributed by atoms with Gasteiger partial charge in [-0.1, -0.05) is 25.7 Å². The van der Waals surface area contributed by atoms with Gasteiger partial charge in [0.1, 0.15) is 5.54 Å². The number of carbonyl (C=O) groups excluding carboxylic acids is 2. The Bertz CT molecular complexity index is 414. The van der Waals surface area contributed by atoms with Crippen LogP contribution in [0.5, 0.6) is 0 Å². The molecule has 0 aromatic rings. The minimum absolute atomic E-state index is 0.0108. The molecule has 3 N–H and O–H groups in total. The summed E-state index contributed by atoms with van der Waals surface area (Å²) in [5.74, 6) is 0.431. The zero-order chi connectivity index (χ0) is 16.9. The molecule has 5 heteroatoms. The summed E-state index contributed by atoms with van der Waals surface area (Å²) >= 11 is 0. The Kier molecular flexibility index (Phi) is 6.45. The van der Waals surface area contributed by atoms with Crippen molar-refractivity contribution in [2.45, 2.75) is 70.8 Å². The number of carbonyl (C=O) groups is 2. The lowest BCUT2D eigenvalue weighted by Crippen LogP contribution is -2.61. The molecule has 2 aliphatic rings. The van der Waals surface area contributed by atoms with Crippen molar-refractivity contribution < 1.29 is 9.59 Å². The third-order valence-corrected chi connectivity index (χ3v) is 5.83. The van der Waals surface area contributed by atoms with Gasteiger partial charge in [-0.15, -0.1) is 0 Å². The van der Waals surface area contributed by atoms with Crippen molar-refractivity contribution in [2.24, 2.45) is 17.6 Å². The van der Waals surface area contributed by atoms with Crippen LogP contribution in [0.15, 0.2) is 0 Å². The quantitative estimate of drug-likeness (QED) is 0.785. The van der Waals surface area contributed by atoms with E-state index < -0.39 is 5.54 Å². The number of rotatable bonds is 6. The average molecular weight is 323 g/mol. The van der Waals surface area contributed by atoms with E-state index in [9.17, 15) is 9.59 Å². The van der Waals surface area contributed by atoms with Crippen LogP contribution in [-0.2, 0) is 9.59 Å². The minimum Gasteiger partial charge on any atom is -0.341 e. The van der Waals surface area contributed by atoms with Crippen LogP contribution in [0, 0.1) is 11.8 Å². The monoisotopic (exact) mass is 323 g/mol. The van der Waals surface area contributed by atoms with E-state index >= 15 is 0 Å². The maximum atomic E-state index is 13.1. The fourth-order valence-electron chi connectivity index (χ4n) is 4.35. The highest BCUT2D eigenvalue weighted by Gasteiger charge is 2.44. The van der Waals surface area contributed by atoms with Gasteiger partial charge in [-0.2, -0.15) is 0 Å². The van der Waals surface area contributed by atoms with Crippen molar-refractivity contribution in [3.63, 3.8) is 0 Å². The first kappa shape index (κ1) is 18.2. The number of nitrogens with zero attached hydrogens (tertiary/aromatic N) is 1. The van der Waals surface area contributed by atoms with Crippen LogP contribution in [0.25, 0.3) is 0 Å². The standard InChI is InChI=1S/C18H33N3O2/c1-3-21(4-2)17(23)18(11-6-5-7-12-18)20-16(22)15-10-8-9-14(15)13-19/h14-15H,3-13,19H2,1-2H3,(H,20,22)/t14-,15-/m1/s1. The Morgan fingerprint density at radius 2 is 1.74 bits per heavy atom. The first-order valence-corrected chi connectivity index (χ1v) is 9.39. The predicted molar refractivity (Wildman–Crippen MR) is 91.8 cm³/mol. The zero-order valence-electron chi connectivity index (χ0n) is 14.8. The van der Waals surface area contributed by atoms with Crippen molar-refractivity contribution in [1.29, 1.82) is 0 Å². The summed E-state index contributed by atoms with van der Waals surface area (Å²) in [7, 11) is 0. The maximum Gasteiger partial charge on any atom is 0.248 e. The first-order chi connectivity index (χ1) is 11.1. The zero-order valence-corrected chi connectivity index (χ0v) is 14.8. The van der Waals surface area contributed by atoms with E-state index in [4.69, 9.17) is 5.73 Å². The Hall–Kier alpha value is -1.10. The summed E-state index contributed by atoms with van der Waals surface area (Å²) < 4.78 is 0. The predicted octanol–water partition coefficient (Wildman–Crippen LogP) is 2.05. The fraction of sp³-hybridized carbons (Fsp3) is 0.889. The smallest absolute Gasteiger partial charge is 0.248 e. The molecule has 0 heterocycles. The molecule has 0 spiro atoms. The molecule has 0 radical (unpaired) electrons. The van der Waals surface area contributed by atoms with Gasteiger partial charge in [-0.05, 0) is 52.0 Å². The molecular formula is C18H33N3O2. The molecule has 5 nitrogen and oxygen atoms in total. The summed E-state index contributed by atoms with van der Waals surface area (Å²) in [4.78, 5) is 27.8. The highest BCUT2D eigenvalue weighted by Crippen LogP contribution is 2.34. The number of hydrogen-bond donors (Lipinski definition) is 2. The largest absolute Gasteiger partial charge is 0.341 e. The molecule has 0 saturated heterocycles. The van der Waals surface area contributed by atoms with Gasteiger partial charge in [-0.3, -0.25) is 9.59 Å². The number of hydrogen-bond acceptors (Lipinski definition) is 3. The lowest BCUT2D eigenvalue weighted by atomic mass is 9.79. The van der Waals surface area contributed by atoms with Crippen molar-refractivity contribution in [3.8, 4) is 0 Å². The average Bonchev–Trinajstić information content (AvgIpc) is 3.05. The molecule has 2 rings (SSSR count). The van der Waals surface area contributed by atoms with Crippen molar-refractivity contribution in [1.82, 2.24) is 10.2 Å². The van der Waals surface area contributed by atoms with Crippen LogP contribution < -0.4 is 11.1 Å². The Morgan fingerprint density at radius 3 is 2.30 bits per heavy atom. The Labute approximate surface area is 140 Å². The molecule has 23 heavy (non-hydrogen) atoms. The summed E-state index contributed by atoms with van der Waals surface area (Å²) in [5.41, 5.74) is 5.15. The normalized spacial score (nSPS) is 26.7. The molecule has 0 aliphatic heterocycles. The molecular weight excluding hydrogens is 290 g/mol. The number of likely N-dealkylation sites (N-methyl/N-ethyl adjacent to an activating group) is 1. The van der Waals surface area contributed by atoms with Gasteiger partial charge in [0.2, 0.25) is 11.8 Å². The van der Waals surface area contributed by atoms with Gasteiger partial charge in [0.15, 0.2) is 0 Å². The molecule has 0 aromatic heterocycles. The molecule has 2 fully saturated rings. The van der Waals surface area contributed by atoms with E-state index in [1.807, 2.05) is 18.7 Å². The number of nitrogens with two attached hydrogens (primary N) is 1. The van der Waals surface area contributed by atoms with Gasteiger partial charge >= 0.3 is 0 Å². The second kappa shape index (κ2) is 8.13. The molecule has 0 aromatic carbocycles. The van der Waals surface area contributed by atoms with Crippen molar-refractivity contribution in [2.75, 3.05) is 19.6 Å². The van der Waals surface area contributed by atoms with Crippen LogP contribution >= 0.6 is 0 Å². The summed E-state index contributed by atoms with van der Waals surface area (Å²) in [6, 6.07) is 0. The topological polar surface area (TPSA) is 75.4 Å². The SMILES string of the molecule is CCN(CC)C(=O)C1(NC(=O)[C@@H]2CCC[C@@H]2CN)CCCCC1. The second-order valence-corrected chi connectivity index (χ2v) is 7.14. The maximum absolute atomic E-state index is 13.1. The van der Waals surface area contributed by atoms with Crippen LogP contribution in [0.4, 0.5) is 0 Å². The Morgan fingerprint density at radius 1 is 1.09 bits per heavy atom. The van der Waals surface area contributed by atoms with Crippen molar-refractivity contribution >= 4 is 11.8 Å². The lowest BCUT2D eigenvalue weighted by molar-refractivity contribution is -0.144. The van der Waals surface area contributed by atoms with Crippen molar-refractivity contribution in [3.05, 3.63) is 0 Å². The highest BCUT2D eigenvalue weighted by atomic mass is 16.2. The van der Waals surface area contributed by atoms with E-state index in [1.165, 1.54) is 0 Å². The van der Waals surface area contributed by atoms with E-state index in [-0.39, 0.29) is 23.7 Å². The molecule has 0 unspecified atom stereocenters. The van der Waals surface area contributed by atoms with E-state index in [2.05, 4.69) is 5.32 Å². The van der Waals surface area contributed by atoms with Gasteiger partial charge in [0.25, 0.3) is 0 Å². The fourth-order valence-corrected chi connectivity index (χ4v) is 4.35. The summed E-state index contributed by atoms with van der Waals surface area (Å²) in [5, 5.41) is 3.20. The number of nitrogens with one attached hydrogen (secondary N) is 1. The van der Waals surface area contributed by atoms with E-state index in [0.717, 1.165) is 51.4 Å². The van der Waals surface area contributed by atoms with Crippen LogP contribution in [-0.4, -0.2) is 41.9 Å².